The molecule has 0 saturated heterocycles. The fourth-order valence-electron chi connectivity index (χ4n) is 3.30. The second kappa shape index (κ2) is 10.8. The third kappa shape index (κ3) is 6.04. The van der Waals surface area contributed by atoms with Crippen LogP contribution in [0.2, 0.25) is 5.02 Å². The Morgan fingerprint density at radius 3 is 2.43 bits per heavy atom. The van der Waals surface area contributed by atoms with Crippen molar-refractivity contribution >= 4 is 29.2 Å². The van der Waals surface area contributed by atoms with Gasteiger partial charge in [-0.1, -0.05) is 35.9 Å². The Hall–Kier alpha value is -4.17. The maximum absolute atomic E-state index is 12.7. The number of para-hydroxylation sites is 1. The van der Waals surface area contributed by atoms with Gasteiger partial charge in [-0.2, -0.15) is 9.90 Å². The largest absolute Gasteiger partial charge is 0.466 e. The van der Waals surface area contributed by atoms with Gasteiger partial charge in [0.1, 0.15) is 11.5 Å². The highest BCUT2D eigenvalue weighted by Gasteiger charge is 2.17. The lowest BCUT2D eigenvalue weighted by atomic mass is 10.1. The minimum absolute atomic E-state index is 0.140. The van der Waals surface area contributed by atoms with Crippen molar-refractivity contribution in [1.29, 1.82) is 0 Å². The van der Waals surface area contributed by atoms with Gasteiger partial charge in [0.15, 0.2) is 5.69 Å². The smallest absolute Gasteiger partial charge is 0.310 e. The van der Waals surface area contributed by atoms with Crippen LogP contribution in [0.4, 0.5) is 5.69 Å². The summed E-state index contributed by atoms with van der Waals surface area (Å²) in [5, 5.41) is 11.8. The molecule has 3 aromatic carbocycles. The number of anilines is 1. The molecule has 35 heavy (non-hydrogen) atoms. The van der Waals surface area contributed by atoms with E-state index in [0.717, 1.165) is 11.3 Å². The Labute approximate surface area is 207 Å². The number of ether oxygens (including phenoxy) is 2. The number of aryl methyl sites for hydroxylation is 1. The average molecular weight is 491 g/mol. The van der Waals surface area contributed by atoms with Gasteiger partial charge >= 0.3 is 5.97 Å². The molecule has 0 aliphatic heterocycles. The number of nitrogens with one attached hydrogen (secondary N) is 1. The molecule has 4 rings (SSSR count). The Balaban J connectivity index is 1.39. The quantitative estimate of drug-likeness (QED) is 0.333. The van der Waals surface area contributed by atoms with Crippen LogP contribution in [0.5, 0.6) is 11.5 Å². The van der Waals surface area contributed by atoms with E-state index in [1.54, 1.807) is 56.3 Å². The van der Waals surface area contributed by atoms with Crippen LogP contribution < -0.4 is 10.1 Å². The van der Waals surface area contributed by atoms with Crippen LogP contribution in [0, 0.1) is 6.92 Å². The maximum Gasteiger partial charge on any atom is 0.310 e. The highest BCUT2D eigenvalue weighted by atomic mass is 35.5. The molecular weight excluding hydrogens is 468 g/mol. The molecule has 1 N–H and O–H groups in total. The topological polar surface area (TPSA) is 95.3 Å². The first kappa shape index (κ1) is 24.0. The molecule has 0 spiro atoms. The highest BCUT2D eigenvalue weighted by Crippen LogP contribution is 2.31. The number of carbonyl (C=O) groups is 2. The van der Waals surface area contributed by atoms with E-state index in [1.165, 1.54) is 4.80 Å². The van der Waals surface area contributed by atoms with E-state index in [2.05, 4.69) is 15.5 Å². The number of rotatable bonds is 8. The number of carbonyl (C=O) groups excluding carboxylic acids is 2. The second-order valence-corrected chi connectivity index (χ2v) is 7.99. The molecule has 0 radical (unpaired) electrons. The summed E-state index contributed by atoms with van der Waals surface area (Å²) in [5.41, 5.74) is 2.84. The Morgan fingerprint density at radius 2 is 1.74 bits per heavy atom. The molecular formula is C26H23ClN4O4. The van der Waals surface area contributed by atoms with Crippen molar-refractivity contribution in [1.82, 2.24) is 15.0 Å². The van der Waals surface area contributed by atoms with Crippen molar-refractivity contribution in [3.8, 4) is 17.2 Å². The van der Waals surface area contributed by atoms with E-state index in [1.807, 2.05) is 30.3 Å². The van der Waals surface area contributed by atoms with Crippen LogP contribution in [-0.4, -0.2) is 33.5 Å². The number of hydrogen-bond donors (Lipinski definition) is 1. The number of halogens is 1. The predicted molar refractivity (Wildman–Crippen MR) is 132 cm³/mol. The number of hydrogen-bond acceptors (Lipinski definition) is 6. The van der Waals surface area contributed by atoms with Gasteiger partial charge in [-0.05, 0) is 67.9 Å². The van der Waals surface area contributed by atoms with E-state index in [-0.39, 0.29) is 24.0 Å². The molecule has 1 aromatic heterocycles. The molecule has 0 bridgehead atoms. The fraction of sp³-hybridized carbons (Fsp3) is 0.154. The third-order valence-corrected chi connectivity index (χ3v) is 5.27. The summed E-state index contributed by atoms with van der Waals surface area (Å²) in [7, 11) is 0. The maximum atomic E-state index is 12.7. The summed E-state index contributed by atoms with van der Waals surface area (Å²) in [6, 6.07) is 21.4. The van der Waals surface area contributed by atoms with E-state index >= 15 is 0 Å². The molecule has 0 unspecified atom stereocenters. The lowest BCUT2D eigenvalue weighted by Gasteiger charge is -2.10. The van der Waals surface area contributed by atoms with Gasteiger partial charge in [0.25, 0.3) is 5.91 Å². The standard InChI is InChI=1S/C26H23ClN4O4/c1-3-34-24(32)16-18-9-14-23(22(27)15-18)35-21-12-10-19(11-13-21)28-26(33)25-17(2)29-31(30-25)20-7-5-4-6-8-20/h4-15H,3,16H2,1-2H3,(H,28,33). The number of aromatic nitrogens is 3. The Kier molecular flexibility index (Phi) is 7.42. The van der Waals surface area contributed by atoms with Crippen LogP contribution >= 0.6 is 11.6 Å². The number of nitrogens with zero attached hydrogens (tertiary/aromatic N) is 3. The molecule has 4 aromatic rings. The minimum Gasteiger partial charge on any atom is -0.466 e. The highest BCUT2D eigenvalue weighted by molar-refractivity contribution is 6.32. The van der Waals surface area contributed by atoms with Crippen molar-refractivity contribution < 1.29 is 19.1 Å². The monoisotopic (exact) mass is 490 g/mol. The Bertz CT molecular complexity index is 1340. The van der Waals surface area contributed by atoms with E-state index in [4.69, 9.17) is 21.1 Å². The second-order valence-electron chi connectivity index (χ2n) is 7.59. The Morgan fingerprint density at radius 1 is 1.00 bits per heavy atom. The van der Waals surface area contributed by atoms with Crippen molar-refractivity contribution in [3.05, 3.63) is 94.8 Å². The van der Waals surface area contributed by atoms with Crippen molar-refractivity contribution in [3.63, 3.8) is 0 Å². The van der Waals surface area contributed by atoms with Crippen LogP contribution in [0.25, 0.3) is 5.69 Å². The van der Waals surface area contributed by atoms with Gasteiger partial charge in [0, 0.05) is 5.69 Å². The van der Waals surface area contributed by atoms with Crippen LogP contribution in [-0.2, 0) is 16.0 Å². The summed E-state index contributed by atoms with van der Waals surface area (Å²) in [4.78, 5) is 25.8. The zero-order valence-electron chi connectivity index (χ0n) is 19.2. The first-order valence-corrected chi connectivity index (χ1v) is 11.3. The zero-order valence-corrected chi connectivity index (χ0v) is 20.0. The van der Waals surface area contributed by atoms with Gasteiger partial charge in [-0.15, -0.1) is 5.10 Å². The molecule has 0 fully saturated rings. The molecule has 0 saturated carbocycles. The normalized spacial score (nSPS) is 10.6. The average Bonchev–Trinajstić information content (AvgIpc) is 3.24. The summed E-state index contributed by atoms with van der Waals surface area (Å²) >= 11 is 6.32. The number of benzene rings is 3. The molecule has 0 aliphatic rings. The van der Waals surface area contributed by atoms with E-state index < -0.39 is 0 Å². The molecule has 8 nitrogen and oxygen atoms in total. The first-order valence-electron chi connectivity index (χ1n) is 11.0. The van der Waals surface area contributed by atoms with Crippen molar-refractivity contribution in [2.24, 2.45) is 0 Å². The lowest BCUT2D eigenvalue weighted by Crippen LogP contribution is -2.14. The zero-order chi connectivity index (χ0) is 24.8. The molecule has 0 atom stereocenters. The van der Waals surface area contributed by atoms with E-state index in [9.17, 15) is 9.59 Å². The molecule has 0 aliphatic carbocycles. The number of amides is 1. The summed E-state index contributed by atoms with van der Waals surface area (Å²) in [5.74, 6) is 0.310. The lowest BCUT2D eigenvalue weighted by molar-refractivity contribution is -0.142. The van der Waals surface area contributed by atoms with Gasteiger partial charge < -0.3 is 14.8 Å². The fourth-order valence-corrected chi connectivity index (χ4v) is 3.55. The first-order chi connectivity index (χ1) is 16.9. The van der Waals surface area contributed by atoms with Gasteiger partial charge in [-0.3, -0.25) is 9.59 Å². The van der Waals surface area contributed by atoms with Gasteiger partial charge in [-0.25, -0.2) is 0 Å². The number of esters is 1. The SMILES string of the molecule is CCOC(=O)Cc1ccc(Oc2ccc(NC(=O)c3nn(-c4ccccc4)nc3C)cc2)c(Cl)c1. The molecule has 1 heterocycles. The van der Waals surface area contributed by atoms with Crippen LogP contribution in [0.1, 0.15) is 28.7 Å². The van der Waals surface area contributed by atoms with Gasteiger partial charge in [0.2, 0.25) is 0 Å². The van der Waals surface area contributed by atoms with Crippen LogP contribution in [0.15, 0.2) is 72.8 Å². The van der Waals surface area contributed by atoms with Crippen LogP contribution in [0.3, 0.4) is 0 Å². The summed E-state index contributed by atoms with van der Waals surface area (Å²) in [6.07, 6.45) is 0.140. The summed E-state index contributed by atoms with van der Waals surface area (Å²) < 4.78 is 10.8. The summed E-state index contributed by atoms with van der Waals surface area (Å²) in [6.45, 7) is 3.83. The van der Waals surface area contributed by atoms with Gasteiger partial charge in [0.05, 0.1) is 29.4 Å². The molecule has 178 valence electrons. The van der Waals surface area contributed by atoms with Crippen molar-refractivity contribution in [2.45, 2.75) is 20.3 Å². The predicted octanol–water partition coefficient (Wildman–Crippen LogP) is 5.38. The minimum atomic E-state index is -0.362. The van der Waals surface area contributed by atoms with Crippen molar-refractivity contribution in [2.75, 3.05) is 11.9 Å². The third-order valence-electron chi connectivity index (χ3n) is 4.97. The van der Waals surface area contributed by atoms with E-state index in [0.29, 0.717) is 34.5 Å². The molecule has 1 amide bonds. The molecule has 9 heteroatoms.